The molecule has 4 rings (SSSR count). The molecule has 0 aliphatic carbocycles. The summed E-state index contributed by atoms with van der Waals surface area (Å²) in [6.07, 6.45) is -3.61. The van der Waals surface area contributed by atoms with Crippen molar-refractivity contribution in [2.75, 3.05) is 26.2 Å². The summed E-state index contributed by atoms with van der Waals surface area (Å²) in [5, 5.41) is 4.09. The highest BCUT2D eigenvalue weighted by Gasteiger charge is 2.33. The molecule has 1 saturated heterocycles. The molecule has 10 heteroatoms. The number of fused-ring (bicyclic) bond motifs is 1. The predicted molar refractivity (Wildman–Crippen MR) is 130 cm³/mol. The van der Waals surface area contributed by atoms with Crippen LogP contribution < -0.4 is 0 Å². The summed E-state index contributed by atoms with van der Waals surface area (Å²) in [5.41, 5.74) is 5.45. The van der Waals surface area contributed by atoms with Crippen LogP contribution in [0.2, 0.25) is 0 Å². The lowest BCUT2D eigenvalue weighted by Crippen LogP contribution is -2.51. The van der Waals surface area contributed by atoms with Crippen LogP contribution in [0.25, 0.3) is 16.6 Å². The van der Waals surface area contributed by atoms with E-state index in [9.17, 15) is 18.0 Å². The van der Waals surface area contributed by atoms with Gasteiger partial charge in [0, 0.05) is 55.2 Å². The summed E-state index contributed by atoms with van der Waals surface area (Å²) < 4.78 is 52.6. The fourth-order valence-corrected chi connectivity index (χ4v) is 5.15. The van der Waals surface area contributed by atoms with E-state index < -0.39 is 18.7 Å². The normalized spacial score (nSPS) is 17.3. The molecule has 3 aromatic heterocycles. The third kappa shape index (κ3) is 4.76. The number of aryl methyl sites for hydroxylation is 2. The molecule has 4 heterocycles. The first-order valence-corrected chi connectivity index (χ1v) is 12.2. The average Bonchev–Trinajstić information content (AvgIpc) is 3.38. The molecule has 1 fully saturated rings. The number of hydrogen-bond donors (Lipinski definition) is 0. The quantitative estimate of drug-likeness (QED) is 0.319. The van der Waals surface area contributed by atoms with E-state index >= 15 is 0 Å². The van der Waals surface area contributed by atoms with E-state index in [-0.39, 0.29) is 25.2 Å². The zero-order valence-electron chi connectivity index (χ0n) is 21.5. The summed E-state index contributed by atoms with van der Waals surface area (Å²) in [6, 6.07) is 3.64. The molecule has 0 N–H and O–H groups in total. The number of nitrogens with zero attached hydrogens (tertiary/aromatic N) is 4. The first-order chi connectivity index (χ1) is 17.0. The van der Waals surface area contributed by atoms with Gasteiger partial charge in [-0.1, -0.05) is 5.16 Å². The van der Waals surface area contributed by atoms with E-state index in [1.54, 1.807) is 13.8 Å². The fraction of sp³-hybridized carbons (Fsp3) is 0.538. The largest absolute Gasteiger partial charge is 0.459 e. The molecule has 0 spiro atoms. The second kappa shape index (κ2) is 10.3. The summed E-state index contributed by atoms with van der Waals surface area (Å²) in [6.45, 7) is 12.5. The number of aromatic nitrogens is 2. The van der Waals surface area contributed by atoms with Crippen LogP contribution >= 0.6 is 0 Å². The maximum absolute atomic E-state index is 13.9. The molecule has 2 unspecified atom stereocenters. The van der Waals surface area contributed by atoms with E-state index in [1.807, 2.05) is 46.0 Å². The molecule has 2 atom stereocenters. The molecule has 0 radical (unpaired) electrons. The Labute approximate surface area is 208 Å². The second-order valence-electron chi connectivity index (χ2n) is 9.66. The number of carbonyl (C=O) groups is 1. The number of esters is 1. The maximum atomic E-state index is 13.9. The lowest BCUT2D eigenvalue weighted by Gasteiger charge is -2.39. The van der Waals surface area contributed by atoms with Gasteiger partial charge in [-0.2, -0.15) is 0 Å². The third-order valence-electron chi connectivity index (χ3n) is 6.97. The zero-order chi connectivity index (χ0) is 26.3. The highest BCUT2D eigenvalue weighted by atomic mass is 19.3. The first kappa shape index (κ1) is 26.2. The van der Waals surface area contributed by atoms with Crippen molar-refractivity contribution in [1.82, 2.24) is 19.4 Å². The molecule has 36 heavy (non-hydrogen) atoms. The Bertz CT molecular complexity index is 1230. The summed E-state index contributed by atoms with van der Waals surface area (Å²) in [7, 11) is 0. The van der Waals surface area contributed by atoms with E-state index in [0.29, 0.717) is 24.4 Å². The van der Waals surface area contributed by atoms with Gasteiger partial charge in [-0.3, -0.25) is 9.80 Å². The topological polar surface area (TPSA) is 63.2 Å². The fourth-order valence-electron chi connectivity index (χ4n) is 5.15. The van der Waals surface area contributed by atoms with Crippen LogP contribution in [0.4, 0.5) is 13.2 Å². The third-order valence-corrected chi connectivity index (χ3v) is 6.97. The molecule has 0 amide bonds. The number of carbonyl (C=O) groups excluding carboxylic acids is 1. The first-order valence-electron chi connectivity index (χ1n) is 12.2. The highest BCUT2D eigenvalue weighted by molar-refractivity contribution is 5.95. The van der Waals surface area contributed by atoms with Crippen molar-refractivity contribution < 1.29 is 27.2 Å². The van der Waals surface area contributed by atoms with Crippen molar-refractivity contribution in [3.63, 3.8) is 0 Å². The van der Waals surface area contributed by atoms with Gasteiger partial charge >= 0.3 is 5.97 Å². The summed E-state index contributed by atoms with van der Waals surface area (Å²) >= 11 is 0. The minimum absolute atomic E-state index is 0.170. The monoisotopic (exact) mass is 506 g/mol. The van der Waals surface area contributed by atoms with E-state index in [4.69, 9.17) is 9.26 Å². The van der Waals surface area contributed by atoms with Crippen molar-refractivity contribution in [3.8, 4) is 11.1 Å². The van der Waals surface area contributed by atoms with Gasteiger partial charge in [-0.05, 0) is 59.2 Å². The van der Waals surface area contributed by atoms with Crippen molar-refractivity contribution in [3.05, 3.63) is 46.6 Å². The summed E-state index contributed by atoms with van der Waals surface area (Å²) in [4.78, 5) is 16.4. The number of piperazine rings is 1. The number of rotatable bonds is 7. The molecule has 7 nitrogen and oxygen atoms in total. The minimum atomic E-state index is -3.03. The van der Waals surface area contributed by atoms with E-state index in [0.717, 1.165) is 33.6 Å². The molecule has 3 aromatic rings. The molecule has 1 aliphatic rings. The lowest BCUT2D eigenvalue weighted by molar-refractivity contribution is -0.0688. The van der Waals surface area contributed by atoms with E-state index in [2.05, 4.69) is 14.5 Å². The Kier molecular flexibility index (Phi) is 7.47. The van der Waals surface area contributed by atoms with Crippen LogP contribution in [0.3, 0.4) is 0 Å². The number of halogens is 3. The van der Waals surface area contributed by atoms with Gasteiger partial charge < -0.3 is 13.7 Å². The number of hydrogen-bond acceptors (Lipinski definition) is 6. The van der Waals surface area contributed by atoms with Gasteiger partial charge in [0.15, 0.2) is 0 Å². The van der Waals surface area contributed by atoms with Crippen molar-refractivity contribution >= 4 is 11.5 Å². The van der Waals surface area contributed by atoms with Crippen molar-refractivity contribution in [2.24, 2.45) is 0 Å². The second-order valence-corrected chi connectivity index (χ2v) is 9.66. The lowest BCUT2D eigenvalue weighted by atomic mass is 9.99. The average molecular weight is 507 g/mol. The molecule has 0 saturated carbocycles. The van der Waals surface area contributed by atoms with Crippen LogP contribution in [0.5, 0.6) is 0 Å². The molecule has 1 aliphatic heterocycles. The molecule has 196 valence electrons. The molecule has 0 aromatic carbocycles. The maximum Gasteiger partial charge on any atom is 0.338 e. The Balaban J connectivity index is 1.79. The van der Waals surface area contributed by atoms with Crippen molar-refractivity contribution in [1.29, 1.82) is 0 Å². The Morgan fingerprint density at radius 3 is 2.25 bits per heavy atom. The number of ether oxygens (including phenoxy) is 1. The molecule has 0 bridgehead atoms. The smallest absolute Gasteiger partial charge is 0.338 e. The van der Waals surface area contributed by atoms with Crippen molar-refractivity contribution in [2.45, 2.75) is 66.4 Å². The van der Waals surface area contributed by atoms with Crippen LogP contribution in [-0.2, 0) is 4.74 Å². The van der Waals surface area contributed by atoms with Gasteiger partial charge in [-0.15, -0.1) is 0 Å². The minimum Gasteiger partial charge on any atom is -0.459 e. The van der Waals surface area contributed by atoms with Crippen LogP contribution in [0, 0.1) is 20.8 Å². The Morgan fingerprint density at radius 2 is 1.69 bits per heavy atom. The highest BCUT2D eigenvalue weighted by Crippen LogP contribution is 2.36. The van der Waals surface area contributed by atoms with Crippen LogP contribution in [0.1, 0.15) is 59.9 Å². The van der Waals surface area contributed by atoms with Crippen LogP contribution in [0.15, 0.2) is 22.9 Å². The number of pyridine rings is 1. The van der Waals surface area contributed by atoms with Gasteiger partial charge in [0.05, 0.1) is 22.9 Å². The molecular formula is C26H33F3N4O3. The predicted octanol–water partition coefficient (Wildman–Crippen LogP) is 5.32. The van der Waals surface area contributed by atoms with Crippen LogP contribution in [-0.4, -0.2) is 70.3 Å². The van der Waals surface area contributed by atoms with Gasteiger partial charge in [0.1, 0.15) is 5.76 Å². The SMILES string of the molecule is Cc1noc(C)c1-c1ccn2c(C(C)N3CCN(C(F)C(F)F)CC3)c(C)c(C(=O)OC(C)C)cc12. The summed E-state index contributed by atoms with van der Waals surface area (Å²) in [5.74, 6) is 0.268. The van der Waals surface area contributed by atoms with E-state index in [1.165, 1.54) is 4.90 Å². The number of alkyl halides is 3. The van der Waals surface area contributed by atoms with Gasteiger partial charge in [0.25, 0.3) is 6.43 Å². The van der Waals surface area contributed by atoms with Gasteiger partial charge in [0.2, 0.25) is 6.30 Å². The zero-order valence-corrected chi connectivity index (χ0v) is 21.5. The van der Waals surface area contributed by atoms with Gasteiger partial charge in [-0.25, -0.2) is 18.0 Å². The standard InChI is InChI=1S/C26H33F3N4O3/c1-14(2)35-26(34)20-13-21-19(22-16(4)30-36-18(22)6)7-8-33(21)23(15(20)3)17(5)31-9-11-32(12-10-31)25(29)24(27)28/h7-8,13-14,17,24-25H,9-12H2,1-6H3. The molecular weight excluding hydrogens is 473 g/mol. The Hall–Kier alpha value is -2.85. The Morgan fingerprint density at radius 1 is 1.06 bits per heavy atom.